The molecule has 0 radical (unpaired) electrons. The number of rotatable bonds is 3. The summed E-state index contributed by atoms with van der Waals surface area (Å²) in [6, 6.07) is -0.245. The molecule has 44 valence electrons. The van der Waals surface area contributed by atoms with Gasteiger partial charge in [0.15, 0.2) is 0 Å². The summed E-state index contributed by atoms with van der Waals surface area (Å²) in [4.78, 5) is 0. The molecule has 0 aliphatic carbocycles. The average molecular weight is 105 g/mol. The van der Waals surface area contributed by atoms with Crippen LogP contribution in [0.25, 0.3) is 0 Å². The van der Waals surface area contributed by atoms with Gasteiger partial charge in [0.25, 0.3) is 0 Å². The fraction of sp³-hybridized carbons (Fsp3) is 1.00. The van der Waals surface area contributed by atoms with Crippen LogP contribution in [-0.2, 0) is 0 Å². The second-order valence-corrected chi connectivity index (χ2v) is 1.45. The van der Waals surface area contributed by atoms with Crippen LogP contribution in [0.5, 0.6) is 0 Å². The average Bonchev–Trinajstić information content (AvgIpc) is 1.68. The van der Waals surface area contributed by atoms with Crippen molar-refractivity contribution in [3.63, 3.8) is 0 Å². The Balaban J connectivity index is 2.83. The molecule has 0 bridgehead atoms. The molecule has 0 aromatic heterocycles. The molecule has 1 atom stereocenters. The summed E-state index contributed by atoms with van der Waals surface area (Å²) in [7, 11) is 0. The lowest BCUT2D eigenvalue weighted by molar-refractivity contribution is 0.221. The quantitative estimate of drug-likeness (QED) is 0.417. The molecular weight excluding hydrogens is 94.0 g/mol. The molecule has 3 heteroatoms. The normalized spacial score (nSPS) is 14.1. The van der Waals surface area contributed by atoms with Crippen LogP contribution in [0.1, 0.15) is 6.42 Å². The van der Waals surface area contributed by atoms with Gasteiger partial charge in [-0.05, 0) is 6.42 Å². The highest BCUT2D eigenvalue weighted by Gasteiger charge is 1.95. The first-order chi connectivity index (χ1) is 3.31. The zero-order chi connectivity index (χ0) is 5.70. The number of nitrogens with two attached hydrogens (primary N) is 1. The maximum Gasteiger partial charge on any atom is 0.0583 e. The van der Waals surface area contributed by atoms with E-state index in [1.165, 1.54) is 0 Å². The fourth-order valence-corrected chi connectivity index (χ4v) is 0.257. The number of hydrogen-bond donors (Lipinski definition) is 3. The lowest BCUT2D eigenvalue weighted by atomic mass is 10.2. The number of aliphatic hydroxyl groups excluding tert-OH is 2. The Morgan fingerprint density at radius 3 is 2.14 bits per heavy atom. The Morgan fingerprint density at radius 1 is 1.43 bits per heavy atom. The standard InChI is InChI=1S/C4H11NO2/c5-4(3-7)1-2-6/h4,6-7H,1-3,5H2/t4-/m0/s1. The Hall–Kier alpha value is -0.120. The number of aliphatic hydroxyl groups is 2. The minimum atomic E-state index is -0.245. The van der Waals surface area contributed by atoms with E-state index in [0.29, 0.717) is 6.42 Å². The second kappa shape index (κ2) is 4.05. The fourth-order valence-electron chi connectivity index (χ4n) is 0.257. The Bertz CT molecular complexity index is 40.7. The third-order valence-corrected chi connectivity index (χ3v) is 0.734. The molecule has 0 spiro atoms. The SMILES string of the molecule is N[C@H](CO)CCO. The summed E-state index contributed by atoms with van der Waals surface area (Å²) >= 11 is 0. The van der Waals surface area contributed by atoms with Gasteiger partial charge in [0.05, 0.1) is 6.61 Å². The highest BCUT2D eigenvalue weighted by Crippen LogP contribution is 1.80. The van der Waals surface area contributed by atoms with E-state index < -0.39 is 0 Å². The van der Waals surface area contributed by atoms with Crippen molar-refractivity contribution in [3.05, 3.63) is 0 Å². The van der Waals surface area contributed by atoms with Gasteiger partial charge in [0.2, 0.25) is 0 Å². The lowest BCUT2D eigenvalue weighted by Gasteiger charge is -2.01. The van der Waals surface area contributed by atoms with Crippen molar-refractivity contribution in [2.45, 2.75) is 12.5 Å². The van der Waals surface area contributed by atoms with Gasteiger partial charge < -0.3 is 15.9 Å². The minimum absolute atomic E-state index is 0.0411. The van der Waals surface area contributed by atoms with Crippen LogP contribution in [0, 0.1) is 0 Å². The zero-order valence-electron chi connectivity index (χ0n) is 4.17. The van der Waals surface area contributed by atoms with Crippen LogP contribution < -0.4 is 5.73 Å². The van der Waals surface area contributed by atoms with Crippen LogP contribution in [0.15, 0.2) is 0 Å². The third kappa shape index (κ3) is 3.72. The molecule has 7 heavy (non-hydrogen) atoms. The topological polar surface area (TPSA) is 66.5 Å². The van der Waals surface area contributed by atoms with Gasteiger partial charge >= 0.3 is 0 Å². The summed E-state index contributed by atoms with van der Waals surface area (Å²) in [5.74, 6) is 0. The first kappa shape index (κ1) is 6.88. The first-order valence-corrected chi connectivity index (χ1v) is 2.28. The maximum atomic E-state index is 8.23. The molecule has 0 aliphatic heterocycles. The predicted octanol–water partition coefficient (Wildman–Crippen LogP) is -1.31. The molecular formula is C4H11NO2. The molecule has 0 saturated carbocycles. The van der Waals surface area contributed by atoms with E-state index in [4.69, 9.17) is 15.9 Å². The van der Waals surface area contributed by atoms with Gasteiger partial charge in [0, 0.05) is 12.6 Å². The van der Waals surface area contributed by atoms with E-state index in [1.54, 1.807) is 0 Å². The molecule has 0 fully saturated rings. The van der Waals surface area contributed by atoms with E-state index in [-0.39, 0.29) is 19.3 Å². The van der Waals surface area contributed by atoms with Crippen LogP contribution in [0.2, 0.25) is 0 Å². The van der Waals surface area contributed by atoms with Crippen LogP contribution in [-0.4, -0.2) is 29.5 Å². The first-order valence-electron chi connectivity index (χ1n) is 2.28. The maximum absolute atomic E-state index is 8.23. The molecule has 0 aromatic carbocycles. The lowest BCUT2D eigenvalue weighted by Crippen LogP contribution is -2.25. The van der Waals surface area contributed by atoms with Gasteiger partial charge in [-0.15, -0.1) is 0 Å². The van der Waals surface area contributed by atoms with Gasteiger partial charge in [-0.1, -0.05) is 0 Å². The van der Waals surface area contributed by atoms with Gasteiger partial charge in [-0.2, -0.15) is 0 Å². The van der Waals surface area contributed by atoms with E-state index in [2.05, 4.69) is 0 Å². The molecule has 3 nitrogen and oxygen atoms in total. The summed E-state index contributed by atoms with van der Waals surface area (Å²) in [5.41, 5.74) is 5.17. The summed E-state index contributed by atoms with van der Waals surface area (Å²) in [5, 5.41) is 16.4. The minimum Gasteiger partial charge on any atom is -0.396 e. The van der Waals surface area contributed by atoms with Crippen molar-refractivity contribution in [3.8, 4) is 0 Å². The van der Waals surface area contributed by atoms with Crippen molar-refractivity contribution in [2.75, 3.05) is 13.2 Å². The van der Waals surface area contributed by atoms with Gasteiger partial charge in [-0.3, -0.25) is 0 Å². The predicted molar refractivity (Wildman–Crippen MR) is 26.8 cm³/mol. The van der Waals surface area contributed by atoms with Gasteiger partial charge in [0.1, 0.15) is 0 Å². The summed E-state index contributed by atoms with van der Waals surface area (Å²) in [6.45, 7) is 0.0162. The van der Waals surface area contributed by atoms with E-state index in [1.807, 2.05) is 0 Å². The molecule has 0 heterocycles. The molecule has 0 amide bonds. The molecule has 0 saturated heterocycles. The molecule has 0 aliphatic rings. The Labute approximate surface area is 42.8 Å². The summed E-state index contributed by atoms with van der Waals surface area (Å²) in [6.07, 6.45) is 0.483. The smallest absolute Gasteiger partial charge is 0.0583 e. The van der Waals surface area contributed by atoms with Crippen molar-refractivity contribution < 1.29 is 10.2 Å². The monoisotopic (exact) mass is 105 g/mol. The second-order valence-electron chi connectivity index (χ2n) is 1.45. The van der Waals surface area contributed by atoms with Crippen molar-refractivity contribution in [1.82, 2.24) is 0 Å². The highest BCUT2D eigenvalue weighted by atomic mass is 16.3. The van der Waals surface area contributed by atoms with Crippen LogP contribution in [0.3, 0.4) is 0 Å². The van der Waals surface area contributed by atoms with Crippen molar-refractivity contribution in [1.29, 1.82) is 0 Å². The highest BCUT2D eigenvalue weighted by molar-refractivity contribution is 4.55. The largest absolute Gasteiger partial charge is 0.396 e. The molecule has 0 unspecified atom stereocenters. The van der Waals surface area contributed by atoms with Crippen LogP contribution in [0.4, 0.5) is 0 Å². The van der Waals surface area contributed by atoms with Gasteiger partial charge in [-0.25, -0.2) is 0 Å². The number of hydrogen-bond acceptors (Lipinski definition) is 3. The Morgan fingerprint density at radius 2 is 2.00 bits per heavy atom. The Kier molecular flexibility index (Phi) is 3.98. The third-order valence-electron chi connectivity index (χ3n) is 0.734. The van der Waals surface area contributed by atoms with Crippen molar-refractivity contribution in [2.24, 2.45) is 5.73 Å². The molecule has 0 aromatic rings. The van der Waals surface area contributed by atoms with E-state index >= 15 is 0 Å². The molecule has 0 rings (SSSR count). The summed E-state index contributed by atoms with van der Waals surface area (Å²) < 4.78 is 0. The van der Waals surface area contributed by atoms with Crippen LogP contribution >= 0.6 is 0 Å². The zero-order valence-corrected chi connectivity index (χ0v) is 4.17. The van der Waals surface area contributed by atoms with Crippen molar-refractivity contribution >= 4 is 0 Å². The van der Waals surface area contributed by atoms with E-state index in [0.717, 1.165) is 0 Å². The molecule has 4 N–H and O–H groups in total. The van der Waals surface area contributed by atoms with E-state index in [9.17, 15) is 0 Å².